The molecule has 1 spiro atoms. The summed E-state index contributed by atoms with van der Waals surface area (Å²) in [7, 11) is 0. The zero-order valence-electron chi connectivity index (χ0n) is 13.7. The van der Waals surface area contributed by atoms with Crippen LogP contribution in [0.3, 0.4) is 0 Å². The van der Waals surface area contributed by atoms with Crippen LogP contribution in [0.25, 0.3) is 0 Å². The highest BCUT2D eigenvalue weighted by Crippen LogP contribution is 2.38. The molecule has 3 fully saturated rings. The molecule has 2 aliphatic heterocycles. The SMILES string of the molecule is O=C(Nc1cc(F)ccc1OCC1CC1)N1CC[C@@]2(CCOC2)C1. The highest BCUT2D eigenvalue weighted by molar-refractivity contribution is 5.91. The van der Waals surface area contributed by atoms with Crippen molar-refractivity contribution in [1.29, 1.82) is 0 Å². The first-order valence-electron chi connectivity index (χ1n) is 8.70. The summed E-state index contributed by atoms with van der Waals surface area (Å²) < 4.78 is 24.8. The summed E-state index contributed by atoms with van der Waals surface area (Å²) in [5, 5.41) is 2.82. The number of likely N-dealkylation sites (tertiary alicyclic amines) is 1. The number of ether oxygens (including phenoxy) is 2. The van der Waals surface area contributed by atoms with Crippen molar-refractivity contribution in [3.05, 3.63) is 24.0 Å². The molecule has 0 radical (unpaired) electrons. The van der Waals surface area contributed by atoms with Gasteiger partial charge >= 0.3 is 6.03 Å². The molecule has 1 aromatic rings. The number of hydrogen-bond acceptors (Lipinski definition) is 3. The van der Waals surface area contributed by atoms with Gasteiger partial charge in [0.2, 0.25) is 0 Å². The van der Waals surface area contributed by atoms with E-state index in [1.54, 1.807) is 11.0 Å². The highest BCUT2D eigenvalue weighted by Gasteiger charge is 2.42. The number of benzene rings is 1. The van der Waals surface area contributed by atoms with Crippen LogP contribution in [0.5, 0.6) is 5.75 Å². The zero-order chi connectivity index (χ0) is 16.6. The van der Waals surface area contributed by atoms with Crippen molar-refractivity contribution in [3.8, 4) is 5.75 Å². The standard InChI is InChI=1S/C18H23FN2O3/c19-14-3-4-16(24-10-13-1-2-13)15(9-14)20-17(22)21-7-5-18(11-21)6-8-23-12-18/h3-4,9,13H,1-2,5-8,10-12H2,(H,20,22)/t18-/m1/s1. The van der Waals surface area contributed by atoms with E-state index in [9.17, 15) is 9.18 Å². The lowest BCUT2D eigenvalue weighted by molar-refractivity contribution is 0.154. The maximum absolute atomic E-state index is 13.6. The maximum Gasteiger partial charge on any atom is 0.321 e. The Hall–Kier alpha value is -1.82. The van der Waals surface area contributed by atoms with Gasteiger partial charge in [0, 0.05) is 31.2 Å². The highest BCUT2D eigenvalue weighted by atomic mass is 19.1. The van der Waals surface area contributed by atoms with Crippen LogP contribution in [0.1, 0.15) is 25.7 Å². The van der Waals surface area contributed by atoms with Gasteiger partial charge in [0.15, 0.2) is 0 Å². The summed E-state index contributed by atoms with van der Waals surface area (Å²) in [5.74, 6) is 0.750. The molecule has 0 aromatic heterocycles. The maximum atomic E-state index is 13.6. The zero-order valence-corrected chi connectivity index (χ0v) is 13.7. The second-order valence-electron chi connectivity index (χ2n) is 7.30. The number of halogens is 1. The fourth-order valence-electron chi connectivity index (χ4n) is 3.49. The number of rotatable bonds is 4. The van der Waals surface area contributed by atoms with Gasteiger partial charge < -0.3 is 19.7 Å². The molecule has 2 heterocycles. The van der Waals surface area contributed by atoms with Gasteiger partial charge in [-0.25, -0.2) is 9.18 Å². The van der Waals surface area contributed by atoms with E-state index in [-0.39, 0.29) is 17.3 Å². The second kappa shape index (κ2) is 6.24. The van der Waals surface area contributed by atoms with Crippen molar-refractivity contribution in [1.82, 2.24) is 4.90 Å². The molecule has 24 heavy (non-hydrogen) atoms. The molecule has 3 aliphatic rings. The van der Waals surface area contributed by atoms with Crippen LogP contribution >= 0.6 is 0 Å². The Balaban J connectivity index is 1.42. The predicted octanol–water partition coefficient (Wildman–Crippen LogP) is 3.26. The van der Waals surface area contributed by atoms with Crippen LogP contribution in [0.15, 0.2) is 18.2 Å². The summed E-state index contributed by atoms with van der Waals surface area (Å²) in [6.45, 7) is 3.54. The fraction of sp³-hybridized carbons (Fsp3) is 0.611. The van der Waals surface area contributed by atoms with Crippen molar-refractivity contribution >= 4 is 11.7 Å². The number of anilines is 1. The third-order valence-electron chi connectivity index (χ3n) is 5.27. The molecule has 1 atom stereocenters. The van der Waals surface area contributed by atoms with Gasteiger partial charge in [-0.3, -0.25) is 0 Å². The number of urea groups is 1. The largest absolute Gasteiger partial charge is 0.491 e. The number of nitrogens with zero attached hydrogens (tertiary/aromatic N) is 1. The first-order valence-corrected chi connectivity index (χ1v) is 8.70. The summed E-state index contributed by atoms with van der Waals surface area (Å²) in [6.07, 6.45) is 4.34. The number of amides is 2. The first kappa shape index (κ1) is 15.7. The monoisotopic (exact) mass is 334 g/mol. The Labute approximate surface area is 141 Å². The Morgan fingerprint density at radius 1 is 1.42 bits per heavy atom. The lowest BCUT2D eigenvalue weighted by Crippen LogP contribution is -2.35. The van der Waals surface area contributed by atoms with Crippen LogP contribution in [0.2, 0.25) is 0 Å². The van der Waals surface area contributed by atoms with Gasteiger partial charge in [0.1, 0.15) is 11.6 Å². The minimum atomic E-state index is -0.383. The quantitative estimate of drug-likeness (QED) is 0.919. The normalized spacial score (nSPS) is 26.1. The van der Waals surface area contributed by atoms with E-state index in [1.165, 1.54) is 25.0 Å². The van der Waals surface area contributed by atoms with Crippen LogP contribution < -0.4 is 10.1 Å². The molecule has 2 amide bonds. The number of carbonyl (C=O) groups excluding carboxylic acids is 1. The minimum absolute atomic E-state index is 0.116. The van der Waals surface area contributed by atoms with Crippen molar-refractivity contribution in [2.24, 2.45) is 11.3 Å². The van der Waals surface area contributed by atoms with Crippen LogP contribution in [-0.2, 0) is 4.74 Å². The topological polar surface area (TPSA) is 50.8 Å². The Bertz CT molecular complexity index is 627. The Morgan fingerprint density at radius 2 is 2.29 bits per heavy atom. The lowest BCUT2D eigenvalue weighted by Gasteiger charge is -2.22. The number of hydrogen-bond donors (Lipinski definition) is 1. The van der Waals surface area contributed by atoms with Gasteiger partial charge in [-0.2, -0.15) is 0 Å². The van der Waals surface area contributed by atoms with E-state index in [2.05, 4.69) is 5.32 Å². The molecule has 0 unspecified atom stereocenters. The van der Waals surface area contributed by atoms with Gasteiger partial charge in [0.25, 0.3) is 0 Å². The molecule has 5 nitrogen and oxygen atoms in total. The van der Waals surface area contributed by atoms with Gasteiger partial charge in [-0.15, -0.1) is 0 Å². The number of nitrogens with one attached hydrogen (secondary N) is 1. The van der Waals surface area contributed by atoms with E-state index < -0.39 is 0 Å². The molecule has 1 saturated carbocycles. The van der Waals surface area contributed by atoms with Crippen LogP contribution in [0, 0.1) is 17.2 Å². The molecular formula is C18H23FN2O3. The average Bonchev–Trinajstić information content (AvgIpc) is 3.13. The van der Waals surface area contributed by atoms with E-state index in [4.69, 9.17) is 9.47 Å². The molecular weight excluding hydrogens is 311 g/mol. The summed E-state index contributed by atoms with van der Waals surface area (Å²) in [4.78, 5) is 14.4. The number of carbonyl (C=O) groups is 1. The van der Waals surface area contributed by atoms with Gasteiger partial charge in [-0.1, -0.05) is 0 Å². The summed E-state index contributed by atoms with van der Waals surface area (Å²) >= 11 is 0. The molecule has 4 rings (SSSR count). The van der Waals surface area contributed by atoms with Crippen LogP contribution in [0.4, 0.5) is 14.9 Å². The minimum Gasteiger partial charge on any atom is -0.491 e. The van der Waals surface area contributed by atoms with Gasteiger partial charge in [0.05, 0.1) is 18.9 Å². The van der Waals surface area contributed by atoms with Crippen molar-refractivity contribution in [2.45, 2.75) is 25.7 Å². The first-order chi connectivity index (χ1) is 11.6. The van der Waals surface area contributed by atoms with Crippen molar-refractivity contribution in [3.63, 3.8) is 0 Å². The Kier molecular flexibility index (Phi) is 4.08. The smallest absolute Gasteiger partial charge is 0.321 e. The summed E-state index contributed by atoms with van der Waals surface area (Å²) in [5.41, 5.74) is 0.522. The molecule has 0 bridgehead atoms. The lowest BCUT2D eigenvalue weighted by atomic mass is 9.87. The van der Waals surface area contributed by atoms with Gasteiger partial charge in [-0.05, 0) is 43.7 Å². The third kappa shape index (κ3) is 3.34. The molecule has 1 aromatic carbocycles. The predicted molar refractivity (Wildman–Crippen MR) is 87.7 cm³/mol. The molecule has 1 aliphatic carbocycles. The molecule has 1 N–H and O–H groups in total. The Morgan fingerprint density at radius 3 is 3.04 bits per heavy atom. The summed E-state index contributed by atoms with van der Waals surface area (Å²) in [6, 6.07) is 4.08. The third-order valence-corrected chi connectivity index (χ3v) is 5.27. The molecule has 6 heteroatoms. The van der Waals surface area contributed by atoms with E-state index >= 15 is 0 Å². The van der Waals surface area contributed by atoms with E-state index in [0.29, 0.717) is 37.1 Å². The fourth-order valence-corrected chi connectivity index (χ4v) is 3.49. The van der Waals surface area contributed by atoms with E-state index in [0.717, 1.165) is 26.1 Å². The average molecular weight is 334 g/mol. The van der Waals surface area contributed by atoms with Crippen molar-refractivity contribution in [2.75, 3.05) is 38.2 Å². The molecule has 2 saturated heterocycles. The van der Waals surface area contributed by atoms with Crippen molar-refractivity contribution < 1.29 is 18.7 Å². The molecule has 130 valence electrons. The second-order valence-corrected chi connectivity index (χ2v) is 7.30. The van der Waals surface area contributed by atoms with Crippen LogP contribution in [-0.4, -0.2) is 43.8 Å². The van der Waals surface area contributed by atoms with E-state index in [1.807, 2.05) is 0 Å².